The summed E-state index contributed by atoms with van der Waals surface area (Å²) in [5.74, 6) is -0.318. The van der Waals surface area contributed by atoms with Gasteiger partial charge in [-0.05, 0) is 39.3 Å². The molecule has 0 atom stereocenters. The van der Waals surface area contributed by atoms with Gasteiger partial charge in [-0.15, -0.1) is 0 Å². The molecule has 5 heteroatoms. The molecule has 0 fully saturated rings. The van der Waals surface area contributed by atoms with E-state index in [2.05, 4.69) is 0 Å². The number of aryl methyl sites for hydroxylation is 1. The second-order valence-electron chi connectivity index (χ2n) is 5.28. The summed E-state index contributed by atoms with van der Waals surface area (Å²) in [7, 11) is 0. The van der Waals surface area contributed by atoms with E-state index in [9.17, 15) is 9.59 Å². The van der Waals surface area contributed by atoms with Gasteiger partial charge in [0.15, 0.2) is 6.61 Å². The molecule has 1 aromatic carbocycles. The number of hydrogen-bond donors (Lipinski definition) is 1. The highest BCUT2D eigenvalue weighted by molar-refractivity contribution is 5.78. The molecule has 1 amide bonds. The van der Waals surface area contributed by atoms with Crippen molar-refractivity contribution in [3.8, 4) is 5.75 Å². The molecule has 0 aliphatic rings. The molecule has 21 heavy (non-hydrogen) atoms. The van der Waals surface area contributed by atoms with E-state index in [0.717, 1.165) is 5.56 Å². The smallest absolute Gasteiger partial charge is 0.303 e. The first-order valence-electron chi connectivity index (χ1n) is 7.11. The first kappa shape index (κ1) is 17.0. The van der Waals surface area contributed by atoms with Crippen LogP contribution in [-0.4, -0.2) is 41.1 Å². The minimum atomic E-state index is -0.845. The lowest BCUT2D eigenvalue weighted by Crippen LogP contribution is -2.40. The van der Waals surface area contributed by atoms with Gasteiger partial charge >= 0.3 is 5.97 Å². The van der Waals surface area contributed by atoms with E-state index in [0.29, 0.717) is 18.7 Å². The quantitative estimate of drug-likeness (QED) is 0.799. The number of nitrogens with zero attached hydrogens (tertiary/aromatic N) is 1. The molecule has 0 saturated carbocycles. The summed E-state index contributed by atoms with van der Waals surface area (Å²) in [5.41, 5.74) is 1.13. The Balaban J connectivity index is 2.48. The molecule has 0 aliphatic heterocycles. The third-order valence-corrected chi connectivity index (χ3v) is 3.12. The van der Waals surface area contributed by atoms with Crippen LogP contribution in [-0.2, 0) is 9.59 Å². The molecule has 1 rings (SSSR count). The van der Waals surface area contributed by atoms with Crippen LogP contribution in [0.15, 0.2) is 24.3 Å². The van der Waals surface area contributed by atoms with Gasteiger partial charge in [0.25, 0.3) is 5.91 Å². The topological polar surface area (TPSA) is 66.8 Å². The molecular weight excluding hydrogens is 270 g/mol. The number of carboxylic acids is 1. The number of carboxylic acid groups (broad SMARTS) is 1. The van der Waals surface area contributed by atoms with Crippen LogP contribution in [0.2, 0.25) is 0 Å². The monoisotopic (exact) mass is 293 g/mol. The summed E-state index contributed by atoms with van der Waals surface area (Å²) in [4.78, 5) is 24.3. The van der Waals surface area contributed by atoms with Gasteiger partial charge in [-0.3, -0.25) is 9.59 Å². The minimum absolute atomic E-state index is 0.0212. The molecule has 5 nitrogen and oxygen atoms in total. The fourth-order valence-corrected chi connectivity index (χ4v) is 1.93. The average molecular weight is 293 g/mol. The number of amides is 1. The molecule has 116 valence electrons. The first-order chi connectivity index (χ1) is 9.90. The lowest BCUT2D eigenvalue weighted by Gasteiger charge is -2.26. The van der Waals surface area contributed by atoms with Crippen molar-refractivity contribution in [1.82, 2.24) is 4.90 Å². The van der Waals surface area contributed by atoms with Crippen molar-refractivity contribution in [2.24, 2.45) is 0 Å². The van der Waals surface area contributed by atoms with Crippen LogP contribution in [0.25, 0.3) is 0 Å². The van der Waals surface area contributed by atoms with E-state index in [1.165, 1.54) is 0 Å². The van der Waals surface area contributed by atoms with Gasteiger partial charge in [-0.25, -0.2) is 0 Å². The van der Waals surface area contributed by atoms with Gasteiger partial charge in [0.2, 0.25) is 0 Å². The maximum Gasteiger partial charge on any atom is 0.303 e. The average Bonchev–Trinajstić information content (AvgIpc) is 2.42. The molecule has 0 bridgehead atoms. The number of rotatable bonds is 8. The fraction of sp³-hybridized carbons (Fsp3) is 0.500. The summed E-state index contributed by atoms with van der Waals surface area (Å²) >= 11 is 0. The number of carbonyl (C=O) groups excluding carboxylic acids is 1. The Morgan fingerprint density at radius 3 is 2.38 bits per heavy atom. The first-order valence-corrected chi connectivity index (χ1v) is 7.11. The Bertz CT molecular complexity index is 468. The Morgan fingerprint density at radius 1 is 1.24 bits per heavy atom. The molecule has 0 unspecified atom stereocenters. The fourth-order valence-electron chi connectivity index (χ4n) is 1.93. The van der Waals surface area contributed by atoms with Crippen molar-refractivity contribution >= 4 is 11.9 Å². The van der Waals surface area contributed by atoms with Crippen molar-refractivity contribution < 1.29 is 19.4 Å². The standard InChI is InChI=1S/C16H23NO4/c1-12(2)17(10-4-5-16(19)20)15(18)11-21-14-8-6-13(3)7-9-14/h6-9,12H,4-5,10-11H2,1-3H3,(H,19,20). The van der Waals surface area contributed by atoms with Crippen molar-refractivity contribution in [2.45, 2.75) is 39.7 Å². The highest BCUT2D eigenvalue weighted by atomic mass is 16.5. The number of aliphatic carboxylic acids is 1. The Kier molecular flexibility index (Phi) is 6.72. The molecule has 0 aliphatic carbocycles. The van der Waals surface area contributed by atoms with Crippen LogP contribution in [0.4, 0.5) is 0 Å². The number of benzene rings is 1. The summed E-state index contributed by atoms with van der Waals surface area (Å²) in [6, 6.07) is 7.52. The van der Waals surface area contributed by atoms with Crippen molar-refractivity contribution in [2.75, 3.05) is 13.2 Å². The summed E-state index contributed by atoms with van der Waals surface area (Å²) in [6.45, 7) is 6.20. The van der Waals surface area contributed by atoms with E-state index in [-0.39, 0.29) is 25.0 Å². The second-order valence-corrected chi connectivity index (χ2v) is 5.28. The lowest BCUT2D eigenvalue weighted by molar-refractivity contribution is -0.139. The Hall–Kier alpha value is -2.04. The van der Waals surface area contributed by atoms with E-state index >= 15 is 0 Å². The van der Waals surface area contributed by atoms with Gasteiger partial charge in [-0.1, -0.05) is 17.7 Å². The molecule has 0 radical (unpaired) electrons. The van der Waals surface area contributed by atoms with Gasteiger partial charge in [0.05, 0.1) is 0 Å². The van der Waals surface area contributed by atoms with Crippen molar-refractivity contribution in [3.05, 3.63) is 29.8 Å². The Labute approximate surface area is 125 Å². The highest BCUT2D eigenvalue weighted by Gasteiger charge is 2.17. The zero-order chi connectivity index (χ0) is 15.8. The number of hydrogen-bond acceptors (Lipinski definition) is 3. The largest absolute Gasteiger partial charge is 0.484 e. The normalized spacial score (nSPS) is 10.5. The van der Waals surface area contributed by atoms with Gasteiger partial charge in [0.1, 0.15) is 5.75 Å². The van der Waals surface area contributed by atoms with Gasteiger partial charge in [0, 0.05) is 19.0 Å². The molecule has 1 aromatic rings. The highest BCUT2D eigenvalue weighted by Crippen LogP contribution is 2.12. The van der Waals surface area contributed by atoms with Crippen LogP contribution in [0.5, 0.6) is 5.75 Å². The summed E-state index contributed by atoms with van der Waals surface area (Å²) in [6.07, 6.45) is 0.513. The van der Waals surface area contributed by atoms with Crippen LogP contribution in [0.1, 0.15) is 32.3 Å². The lowest BCUT2D eigenvalue weighted by atomic mass is 10.2. The third kappa shape index (κ3) is 6.29. The maximum absolute atomic E-state index is 12.2. The maximum atomic E-state index is 12.2. The Morgan fingerprint density at radius 2 is 1.86 bits per heavy atom. The van der Waals surface area contributed by atoms with E-state index < -0.39 is 5.97 Å². The minimum Gasteiger partial charge on any atom is -0.484 e. The van der Waals surface area contributed by atoms with Gasteiger partial charge < -0.3 is 14.7 Å². The van der Waals surface area contributed by atoms with Crippen LogP contribution in [0.3, 0.4) is 0 Å². The molecule has 0 aromatic heterocycles. The third-order valence-electron chi connectivity index (χ3n) is 3.12. The SMILES string of the molecule is Cc1ccc(OCC(=O)N(CCCC(=O)O)C(C)C)cc1. The van der Waals surface area contributed by atoms with E-state index in [1.54, 1.807) is 4.90 Å². The summed E-state index contributed by atoms with van der Waals surface area (Å²) in [5, 5.41) is 8.65. The molecule has 0 spiro atoms. The van der Waals surface area contributed by atoms with Gasteiger partial charge in [-0.2, -0.15) is 0 Å². The van der Waals surface area contributed by atoms with E-state index in [4.69, 9.17) is 9.84 Å². The van der Waals surface area contributed by atoms with Crippen LogP contribution >= 0.6 is 0 Å². The number of carbonyl (C=O) groups is 2. The molecule has 1 N–H and O–H groups in total. The zero-order valence-corrected chi connectivity index (χ0v) is 12.8. The number of ether oxygens (including phenoxy) is 1. The van der Waals surface area contributed by atoms with Crippen LogP contribution < -0.4 is 4.74 Å². The van der Waals surface area contributed by atoms with Crippen molar-refractivity contribution in [3.63, 3.8) is 0 Å². The van der Waals surface area contributed by atoms with Crippen molar-refractivity contribution in [1.29, 1.82) is 0 Å². The van der Waals surface area contributed by atoms with E-state index in [1.807, 2.05) is 45.0 Å². The van der Waals surface area contributed by atoms with Crippen LogP contribution in [0, 0.1) is 6.92 Å². The second kappa shape index (κ2) is 8.29. The molecule has 0 saturated heterocycles. The zero-order valence-electron chi connectivity index (χ0n) is 12.8. The molecule has 0 heterocycles. The predicted molar refractivity (Wildman–Crippen MR) is 80.4 cm³/mol. The predicted octanol–water partition coefficient (Wildman–Crippen LogP) is 2.48. The summed E-state index contributed by atoms with van der Waals surface area (Å²) < 4.78 is 5.47. The molecular formula is C16H23NO4.